The fourth-order valence-electron chi connectivity index (χ4n) is 2.53. The van der Waals surface area contributed by atoms with Gasteiger partial charge >= 0.3 is 6.61 Å². The van der Waals surface area contributed by atoms with E-state index in [2.05, 4.69) is 24.8 Å². The van der Waals surface area contributed by atoms with Crippen molar-refractivity contribution in [2.24, 2.45) is 4.99 Å². The summed E-state index contributed by atoms with van der Waals surface area (Å²) in [4.78, 5) is 10.2. The van der Waals surface area contributed by atoms with E-state index in [0.717, 1.165) is 5.56 Å². The molecule has 0 fully saturated rings. The first-order chi connectivity index (χ1) is 14.3. The van der Waals surface area contributed by atoms with Gasteiger partial charge in [0.25, 0.3) is 0 Å². The topological polar surface area (TPSA) is 95.9 Å². The lowest BCUT2D eigenvalue weighted by Gasteiger charge is -2.22. The normalized spacial score (nSPS) is 12.1. The van der Waals surface area contributed by atoms with Crippen molar-refractivity contribution in [3.8, 4) is 5.75 Å². The third-order valence-corrected chi connectivity index (χ3v) is 5.32. The number of nitrogens with zero attached hydrogens (tertiary/aromatic N) is 3. The summed E-state index contributed by atoms with van der Waals surface area (Å²) in [5.41, 5.74) is 0.877. The summed E-state index contributed by atoms with van der Waals surface area (Å²) in [6.45, 7) is 0.521. The van der Waals surface area contributed by atoms with Crippen molar-refractivity contribution >= 4 is 16.0 Å². The zero-order valence-electron chi connectivity index (χ0n) is 16.8. The molecular formula is C19H25F2N5O3S. The Labute approximate surface area is 175 Å². The van der Waals surface area contributed by atoms with Crippen molar-refractivity contribution in [1.82, 2.24) is 19.9 Å². The SMILES string of the molecule is CCNC(=NCCNS(=O)(=O)c1cccnc1)N(C)Cc1ccc(OC(F)F)cc1. The fourth-order valence-corrected chi connectivity index (χ4v) is 3.51. The quantitative estimate of drug-likeness (QED) is 0.333. The van der Waals surface area contributed by atoms with Gasteiger partial charge in [-0.1, -0.05) is 12.1 Å². The number of nitrogens with one attached hydrogen (secondary N) is 2. The molecular weight excluding hydrogens is 416 g/mol. The molecule has 0 aliphatic carbocycles. The highest BCUT2D eigenvalue weighted by atomic mass is 32.2. The molecule has 0 aliphatic rings. The predicted molar refractivity (Wildman–Crippen MR) is 110 cm³/mol. The predicted octanol–water partition coefficient (Wildman–Crippen LogP) is 2.06. The van der Waals surface area contributed by atoms with Gasteiger partial charge in [-0.3, -0.25) is 9.98 Å². The Morgan fingerprint density at radius 3 is 2.60 bits per heavy atom. The molecule has 164 valence electrons. The lowest BCUT2D eigenvalue weighted by molar-refractivity contribution is -0.0498. The van der Waals surface area contributed by atoms with E-state index < -0.39 is 16.6 Å². The average molecular weight is 442 g/mol. The van der Waals surface area contributed by atoms with Gasteiger partial charge < -0.3 is 15.0 Å². The van der Waals surface area contributed by atoms with Gasteiger partial charge in [0.1, 0.15) is 10.6 Å². The Kier molecular flexibility index (Phi) is 8.93. The Bertz CT molecular complexity index is 910. The highest BCUT2D eigenvalue weighted by molar-refractivity contribution is 7.89. The van der Waals surface area contributed by atoms with Crippen LogP contribution in [0.2, 0.25) is 0 Å². The summed E-state index contributed by atoms with van der Waals surface area (Å²) in [7, 11) is -1.81. The molecule has 0 spiro atoms. The van der Waals surface area contributed by atoms with Gasteiger partial charge in [-0.25, -0.2) is 13.1 Å². The summed E-state index contributed by atoms with van der Waals surface area (Å²) in [6.07, 6.45) is 2.78. The van der Waals surface area contributed by atoms with Crippen LogP contribution < -0.4 is 14.8 Å². The molecule has 0 saturated heterocycles. The molecule has 2 N–H and O–H groups in total. The number of ether oxygens (including phenoxy) is 1. The van der Waals surface area contributed by atoms with Crippen LogP contribution >= 0.6 is 0 Å². The van der Waals surface area contributed by atoms with Crippen molar-refractivity contribution in [3.63, 3.8) is 0 Å². The minimum absolute atomic E-state index is 0.0947. The van der Waals surface area contributed by atoms with Crippen molar-refractivity contribution in [2.45, 2.75) is 25.0 Å². The van der Waals surface area contributed by atoms with Crippen LogP contribution in [0.25, 0.3) is 0 Å². The number of hydrogen-bond acceptors (Lipinski definition) is 5. The molecule has 11 heteroatoms. The second-order valence-electron chi connectivity index (χ2n) is 6.20. The fraction of sp³-hybridized carbons (Fsp3) is 0.368. The zero-order valence-corrected chi connectivity index (χ0v) is 17.6. The maximum Gasteiger partial charge on any atom is 0.387 e. The van der Waals surface area contributed by atoms with Crippen molar-refractivity contribution in [3.05, 3.63) is 54.4 Å². The molecule has 0 saturated carbocycles. The van der Waals surface area contributed by atoms with Gasteiger partial charge in [-0.05, 0) is 36.8 Å². The highest BCUT2D eigenvalue weighted by Gasteiger charge is 2.13. The van der Waals surface area contributed by atoms with E-state index in [9.17, 15) is 17.2 Å². The maximum atomic E-state index is 12.2. The zero-order chi connectivity index (χ0) is 22.0. The maximum absolute atomic E-state index is 12.2. The van der Waals surface area contributed by atoms with Crippen LogP contribution in [0.5, 0.6) is 5.75 Å². The first-order valence-electron chi connectivity index (χ1n) is 9.24. The molecule has 1 aromatic heterocycles. The molecule has 1 aromatic carbocycles. The number of aromatic nitrogens is 1. The van der Waals surface area contributed by atoms with Gasteiger partial charge in [-0.15, -0.1) is 0 Å². The van der Waals surface area contributed by atoms with Crippen LogP contribution in [0, 0.1) is 0 Å². The van der Waals surface area contributed by atoms with E-state index in [1.165, 1.54) is 30.6 Å². The summed E-state index contributed by atoms with van der Waals surface area (Å²) in [5, 5.41) is 3.13. The number of rotatable bonds is 10. The van der Waals surface area contributed by atoms with E-state index >= 15 is 0 Å². The molecule has 2 aromatic rings. The van der Waals surface area contributed by atoms with E-state index in [0.29, 0.717) is 19.0 Å². The number of sulfonamides is 1. The molecule has 0 radical (unpaired) electrons. The standard InChI is InChI=1S/C19H25F2N5O3S/c1-3-23-19(24-11-12-25-30(27,28)17-5-4-10-22-13-17)26(2)14-15-6-8-16(9-7-15)29-18(20)21/h4-10,13,18,25H,3,11-12,14H2,1-2H3,(H,23,24). The summed E-state index contributed by atoms with van der Waals surface area (Å²) < 4.78 is 55.7. The molecule has 0 bridgehead atoms. The van der Waals surface area contributed by atoms with Gasteiger partial charge in [0.2, 0.25) is 10.0 Å². The Balaban J connectivity index is 1.92. The second kappa shape index (κ2) is 11.4. The van der Waals surface area contributed by atoms with Gasteiger partial charge in [-0.2, -0.15) is 8.78 Å². The number of guanidine groups is 1. The Morgan fingerprint density at radius 2 is 2.00 bits per heavy atom. The minimum Gasteiger partial charge on any atom is -0.435 e. The van der Waals surface area contributed by atoms with Gasteiger partial charge in [0.05, 0.1) is 6.54 Å². The first-order valence-corrected chi connectivity index (χ1v) is 10.7. The number of aliphatic imine (C=N–C) groups is 1. The lowest BCUT2D eigenvalue weighted by atomic mass is 10.2. The number of halogens is 2. The van der Waals surface area contributed by atoms with Crippen LogP contribution in [0.15, 0.2) is 58.7 Å². The van der Waals surface area contributed by atoms with E-state index in [1.807, 2.05) is 18.9 Å². The monoisotopic (exact) mass is 441 g/mol. The summed E-state index contributed by atoms with van der Waals surface area (Å²) >= 11 is 0. The van der Waals surface area contributed by atoms with Crippen LogP contribution in [0.3, 0.4) is 0 Å². The Hall–Kier alpha value is -2.79. The molecule has 0 atom stereocenters. The number of hydrogen-bond donors (Lipinski definition) is 2. The summed E-state index contributed by atoms with van der Waals surface area (Å²) in [5.74, 6) is 0.684. The third kappa shape index (κ3) is 7.56. The Morgan fingerprint density at radius 1 is 1.27 bits per heavy atom. The van der Waals surface area contributed by atoms with Crippen molar-refractivity contribution < 1.29 is 21.9 Å². The van der Waals surface area contributed by atoms with E-state index in [4.69, 9.17) is 0 Å². The first kappa shape index (κ1) is 23.5. The molecule has 1 heterocycles. The van der Waals surface area contributed by atoms with Gasteiger partial charge in [0, 0.05) is 39.1 Å². The van der Waals surface area contributed by atoms with Crippen LogP contribution in [-0.4, -0.2) is 57.6 Å². The van der Waals surface area contributed by atoms with Crippen molar-refractivity contribution in [2.75, 3.05) is 26.7 Å². The third-order valence-electron chi connectivity index (χ3n) is 3.87. The molecule has 2 rings (SSSR count). The van der Waals surface area contributed by atoms with E-state index in [1.54, 1.807) is 18.2 Å². The van der Waals surface area contributed by atoms with Crippen LogP contribution in [0.1, 0.15) is 12.5 Å². The minimum atomic E-state index is -3.63. The average Bonchev–Trinajstić information content (AvgIpc) is 2.72. The van der Waals surface area contributed by atoms with Gasteiger partial charge in [0.15, 0.2) is 5.96 Å². The molecule has 8 nitrogen and oxygen atoms in total. The van der Waals surface area contributed by atoms with E-state index in [-0.39, 0.29) is 23.7 Å². The van der Waals surface area contributed by atoms with Crippen LogP contribution in [0.4, 0.5) is 8.78 Å². The molecule has 0 aliphatic heterocycles. The smallest absolute Gasteiger partial charge is 0.387 e. The number of alkyl halides is 2. The largest absolute Gasteiger partial charge is 0.435 e. The molecule has 0 amide bonds. The number of pyridine rings is 1. The molecule has 0 unspecified atom stereocenters. The summed E-state index contributed by atoms with van der Waals surface area (Å²) in [6, 6.07) is 9.37. The van der Waals surface area contributed by atoms with Crippen LogP contribution in [-0.2, 0) is 16.6 Å². The molecule has 30 heavy (non-hydrogen) atoms. The second-order valence-corrected chi connectivity index (χ2v) is 7.97. The number of benzene rings is 1. The van der Waals surface area contributed by atoms with Crippen molar-refractivity contribution in [1.29, 1.82) is 0 Å². The highest BCUT2D eigenvalue weighted by Crippen LogP contribution is 2.15. The lowest BCUT2D eigenvalue weighted by Crippen LogP contribution is -2.39.